The molecule has 2 aromatic carbocycles. The van der Waals surface area contributed by atoms with Crippen LogP contribution in [0, 0.1) is 11.3 Å². The molecule has 0 spiro atoms. The zero-order chi connectivity index (χ0) is 22.7. The van der Waals surface area contributed by atoms with Crippen LogP contribution in [0.3, 0.4) is 0 Å². The van der Waals surface area contributed by atoms with Gasteiger partial charge >= 0.3 is 6.18 Å². The van der Waals surface area contributed by atoms with Gasteiger partial charge in [-0.1, -0.05) is 35.9 Å². The van der Waals surface area contributed by atoms with Gasteiger partial charge in [-0.2, -0.15) is 18.4 Å². The van der Waals surface area contributed by atoms with Crippen molar-refractivity contribution in [1.29, 1.82) is 5.26 Å². The van der Waals surface area contributed by atoms with Gasteiger partial charge in [0.25, 0.3) is 0 Å². The van der Waals surface area contributed by atoms with E-state index in [1.807, 2.05) is 12.1 Å². The number of nitrogens with one attached hydrogen (secondary N) is 1. The fourth-order valence-electron chi connectivity index (χ4n) is 3.65. The number of halogens is 4. The molecule has 0 aliphatic rings. The van der Waals surface area contributed by atoms with Crippen molar-refractivity contribution in [3.05, 3.63) is 100 Å². The summed E-state index contributed by atoms with van der Waals surface area (Å²) in [6.45, 7) is 0.304. The van der Waals surface area contributed by atoms with Gasteiger partial charge in [-0.25, -0.2) is 0 Å². The van der Waals surface area contributed by atoms with Crippen molar-refractivity contribution in [3.63, 3.8) is 0 Å². The molecule has 0 fully saturated rings. The van der Waals surface area contributed by atoms with Crippen LogP contribution in [0.15, 0.2) is 73.1 Å². The lowest BCUT2D eigenvalue weighted by atomic mass is 10.0. The van der Waals surface area contributed by atoms with Crippen molar-refractivity contribution in [1.82, 2.24) is 14.9 Å². The molecule has 1 N–H and O–H groups in total. The first-order chi connectivity index (χ1) is 15.3. The highest BCUT2D eigenvalue weighted by molar-refractivity contribution is 6.30. The number of alkyl halides is 3. The average Bonchev–Trinajstić information content (AvgIpc) is 3.12. The molecule has 4 rings (SSSR count). The molecule has 8 heteroatoms. The zero-order valence-corrected chi connectivity index (χ0v) is 17.5. The van der Waals surface area contributed by atoms with Crippen molar-refractivity contribution < 1.29 is 13.2 Å². The van der Waals surface area contributed by atoms with Crippen molar-refractivity contribution in [2.45, 2.75) is 25.3 Å². The Labute approximate surface area is 187 Å². The topological polar surface area (TPSA) is 53.6 Å². The van der Waals surface area contributed by atoms with E-state index in [1.165, 1.54) is 12.3 Å². The number of nitriles is 1. The standard InChI is InChI=1S/C24H18ClF3N4/c25-18-7-4-16(5-8-18)14-32-15-21(20-9-6-17(12-29)11-22(20)32)23(24(26,27)28)31-13-19-3-1-2-10-30-19/h1-11,15,23,31H,13-14H2. The predicted molar refractivity (Wildman–Crippen MR) is 117 cm³/mol. The predicted octanol–water partition coefficient (Wildman–Crippen LogP) is 6.00. The highest BCUT2D eigenvalue weighted by atomic mass is 35.5. The number of pyridine rings is 1. The van der Waals surface area contributed by atoms with E-state index in [0.717, 1.165) is 5.56 Å². The summed E-state index contributed by atoms with van der Waals surface area (Å²) >= 11 is 5.95. The first kappa shape index (κ1) is 21.9. The number of hydrogen-bond donors (Lipinski definition) is 1. The first-order valence-electron chi connectivity index (χ1n) is 9.82. The van der Waals surface area contributed by atoms with E-state index < -0.39 is 12.2 Å². The normalized spacial score (nSPS) is 12.6. The van der Waals surface area contributed by atoms with Crippen LogP contribution >= 0.6 is 11.6 Å². The molecule has 2 aromatic heterocycles. The molecule has 0 bridgehead atoms. The number of aromatic nitrogens is 2. The van der Waals surface area contributed by atoms with E-state index in [-0.39, 0.29) is 12.1 Å². The molecule has 2 heterocycles. The second kappa shape index (κ2) is 9.03. The fraction of sp³-hybridized carbons (Fsp3) is 0.167. The van der Waals surface area contributed by atoms with Gasteiger partial charge in [-0.3, -0.25) is 10.3 Å². The molecule has 0 aliphatic carbocycles. The third kappa shape index (κ3) is 4.77. The summed E-state index contributed by atoms with van der Waals surface area (Å²) in [4.78, 5) is 4.10. The van der Waals surface area contributed by atoms with Crippen molar-refractivity contribution in [2.24, 2.45) is 0 Å². The Morgan fingerprint density at radius 1 is 1.09 bits per heavy atom. The summed E-state index contributed by atoms with van der Waals surface area (Å²) in [6, 6.07) is 17.1. The molecule has 162 valence electrons. The molecule has 0 radical (unpaired) electrons. The molecule has 4 nitrogen and oxygen atoms in total. The van der Waals surface area contributed by atoms with Crippen LogP contribution in [0.25, 0.3) is 10.9 Å². The molecule has 1 atom stereocenters. The van der Waals surface area contributed by atoms with Gasteiger partial charge < -0.3 is 4.57 Å². The molecule has 32 heavy (non-hydrogen) atoms. The largest absolute Gasteiger partial charge is 0.407 e. The van der Waals surface area contributed by atoms with Crippen molar-refractivity contribution in [2.75, 3.05) is 0 Å². The second-order valence-electron chi connectivity index (χ2n) is 7.36. The van der Waals surface area contributed by atoms with Crippen LogP contribution in [0.1, 0.15) is 28.4 Å². The number of fused-ring (bicyclic) bond motifs is 1. The van der Waals surface area contributed by atoms with Gasteiger partial charge in [-0.05, 0) is 42.0 Å². The Bertz CT molecular complexity index is 1260. The lowest BCUT2D eigenvalue weighted by Gasteiger charge is -2.21. The SMILES string of the molecule is N#Cc1ccc2c(C(NCc3ccccn3)C(F)(F)F)cn(Cc3ccc(Cl)cc3)c2c1. The molecule has 0 saturated carbocycles. The van der Waals surface area contributed by atoms with Gasteiger partial charge in [0.15, 0.2) is 0 Å². The van der Waals surface area contributed by atoms with Crippen LogP contribution in [0.5, 0.6) is 0 Å². The maximum atomic E-state index is 14.1. The zero-order valence-electron chi connectivity index (χ0n) is 16.8. The summed E-state index contributed by atoms with van der Waals surface area (Å²) in [7, 11) is 0. The summed E-state index contributed by atoms with van der Waals surface area (Å²) in [5.74, 6) is 0. The van der Waals surface area contributed by atoms with Crippen LogP contribution in [-0.4, -0.2) is 15.7 Å². The minimum atomic E-state index is -4.53. The van der Waals surface area contributed by atoms with Crippen molar-refractivity contribution >= 4 is 22.5 Å². The van der Waals surface area contributed by atoms with E-state index in [0.29, 0.717) is 33.7 Å². The number of nitrogens with zero attached hydrogens (tertiary/aromatic N) is 3. The summed E-state index contributed by atoms with van der Waals surface area (Å²) in [5.41, 5.74) is 2.43. The van der Waals surface area contributed by atoms with Gasteiger partial charge in [0, 0.05) is 47.0 Å². The molecule has 4 aromatic rings. The Hall–Kier alpha value is -3.34. The third-order valence-corrected chi connectivity index (χ3v) is 5.41. The van der Waals surface area contributed by atoms with Crippen molar-refractivity contribution in [3.8, 4) is 6.07 Å². The monoisotopic (exact) mass is 454 g/mol. The molecular weight excluding hydrogens is 437 g/mol. The lowest BCUT2D eigenvalue weighted by molar-refractivity contribution is -0.157. The van der Waals surface area contributed by atoms with Crippen LogP contribution in [0.2, 0.25) is 5.02 Å². The Morgan fingerprint density at radius 3 is 2.53 bits per heavy atom. The number of benzene rings is 2. The fourth-order valence-corrected chi connectivity index (χ4v) is 3.77. The number of hydrogen-bond acceptors (Lipinski definition) is 3. The first-order valence-corrected chi connectivity index (χ1v) is 10.2. The van der Waals surface area contributed by atoms with Crippen LogP contribution in [0.4, 0.5) is 13.2 Å². The van der Waals surface area contributed by atoms with Gasteiger partial charge in [-0.15, -0.1) is 0 Å². The maximum Gasteiger partial charge on any atom is 0.407 e. The van der Waals surface area contributed by atoms with E-state index >= 15 is 0 Å². The summed E-state index contributed by atoms with van der Waals surface area (Å²) in [6.07, 6.45) is -1.48. The van der Waals surface area contributed by atoms with E-state index in [2.05, 4.69) is 16.4 Å². The quantitative estimate of drug-likeness (QED) is 0.388. The minimum absolute atomic E-state index is 0.0366. The van der Waals surface area contributed by atoms with E-state index in [1.54, 1.807) is 53.2 Å². The Morgan fingerprint density at radius 2 is 1.88 bits per heavy atom. The minimum Gasteiger partial charge on any atom is -0.343 e. The highest BCUT2D eigenvalue weighted by Crippen LogP contribution is 2.38. The van der Waals surface area contributed by atoms with Crippen LogP contribution < -0.4 is 5.32 Å². The molecular formula is C24H18ClF3N4. The lowest BCUT2D eigenvalue weighted by Crippen LogP contribution is -2.34. The molecule has 1 unspecified atom stereocenters. The molecule has 0 saturated heterocycles. The highest BCUT2D eigenvalue weighted by Gasteiger charge is 2.42. The Kier molecular flexibility index (Phi) is 6.17. The second-order valence-corrected chi connectivity index (χ2v) is 7.80. The smallest absolute Gasteiger partial charge is 0.343 e. The van der Waals surface area contributed by atoms with Crippen LogP contribution in [-0.2, 0) is 13.1 Å². The average molecular weight is 455 g/mol. The molecule has 0 amide bonds. The van der Waals surface area contributed by atoms with E-state index in [4.69, 9.17) is 11.6 Å². The maximum absolute atomic E-state index is 14.1. The third-order valence-electron chi connectivity index (χ3n) is 5.16. The molecule has 0 aliphatic heterocycles. The van der Waals surface area contributed by atoms with E-state index in [9.17, 15) is 18.4 Å². The van der Waals surface area contributed by atoms with Gasteiger partial charge in [0.1, 0.15) is 6.04 Å². The Balaban J connectivity index is 1.76. The van der Waals surface area contributed by atoms with Gasteiger partial charge in [0.2, 0.25) is 0 Å². The summed E-state index contributed by atoms with van der Waals surface area (Å²) in [5, 5.41) is 12.9. The van der Waals surface area contributed by atoms with Gasteiger partial charge in [0.05, 0.1) is 17.3 Å². The summed E-state index contributed by atoms with van der Waals surface area (Å²) < 4.78 is 44.0. The number of rotatable bonds is 6.